The molecular formula is C16H12N4O5. The van der Waals surface area contributed by atoms with E-state index in [0.717, 1.165) is 0 Å². The van der Waals surface area contributed by atoms with E-state index in [1.54, 1.807) is 18.2 Å². The number of carbonyl (C=O) groups is 1. The zero-order valence-electron chi connectivity index (χ0n) is 13.0. The van der Waals surface area contributed by atoms with Gasteiger partial charge in [0.2, 0.25) is 11.8 Å². The summed E-state index contributed by atoms with van der Waals surface area (Å²) in [5.41, 5.74) is 3.91. The zero-order valence-corrected chi connectivity index (χ0v) is 13.0. The lowest BCUT2D eigenvalue weighted by atomic mass is 9.85. The second-order valence-corrected chi connectivity index (χ2v) is 5.17. The van der Waals surface area contributed by atoms with Gasteiger partial charge in [-0.2, -0.15) is 5.26 Å². The highest BCUT2D eigenvalue weighted by atomic mass is 16.5. The third-order valence-electron chi connectivity index (χ3n) is 3.76. The molecule has 3 rings (SSSR count). The van der Waals surface area contributed by atoms with Gasteiger partial charge in [0.05, 0.1) is 18.6 Å². The number of hydrogen-bond acceptors (Lipinski definition) is 7. The van der Waals surface area contributed by atoms with Crippen molar-refractivity contribution in [2.75, 3.05) is 7.11 Å². The number of nitrogens with zero attached hydrogens (tertiary/aromatic N) is 1. The Morgan fingerprint density at radius 3 is 2.56 bits per heavy atom. The van der Waals surface area contributed by atoms with E-state index in [1.807, 2.05) is 4.98 Å². The van der Waals surface area contributed by atoms with Gasteiger partial charge < -0.3 is 15.2 Å². The van der Waals surface area contributed by atoms with Crippen molar-refractivity contribution in [2.45, 2.75) is 5.92 Å². The molecule has 0 fully saturated rings. The molecule has 0 aliphatic carbocycles. The number of rotatable bonds is 3. The molecule has 0 amide bonds. The molecule has 1 aliphatic heterocycles. The summed E-state index contributed by atoms with van der Waals surface area (Å²) in [5, 5.41) is 9.36. The molecule has 0 saturated carbocycles. The van der Waals surface area contributed by atoms with Gasteiger partial charge in [0.1, 0.15) is 17.4 Å². The Bertz CT molecular complexity index is 1040. The number of fused-ring (bicyclic) bond motifs is 1. The molecule has 126 valence electrons. The zero-order chi connectivity index (χ0) is 18.1. The third kappa shape index (κ3) is 2.66. The van der Waals surface area contributed by atoms with E-state index in [-0.39, 0.29) is 28.5 Å². The SMILES string of the molecule is COc1ccc(C(=O)C2C(C#N)=C(N)Oc3[nH]c(=O)[nH]c(=O)c32)cc1. The number of hydrogen-bond donors (Lipinski definition) is 3. The lowest BCUT2D eigenvalue weighted by Crippen LogP contribution is -2.35. The van der Waals surface area contributed by atoms with Crippen molar-refractivity contribution in [3.63, 3.8) is 0 Å². The molecule has 2 aromatic rings. The second kappa shape index (κ2) is 6.01. The molecule has 1 aromatic carbocycles. The first-order valence-electron chi connectivity index (χ1n) is 7.08. The number of nitrogens with two attached hydrogens (primary N) is 1. The van der Waals surface area contributed by atoms with Crippen LogP contribution in [0.5, 0.6) is 11.6 Å². The van der Waals surface area contributed by atoms with Crippen molar-refractivity contribution in [1.82, 2.24) is 9.97 Å². The number of H-pyrrole nitrogens is 2. The number of Topliss-reactive ketones (excluding diaryl/α,β-unsaturated/α-hetero) is 1. The number of allylic oxidation sites excluding steroid dienone is 1. The van der Waals surface area contributed by atoms with Crippen molar-refractivity contribution in [3.8, 4) is 17.7 Å². The highest BCUT2D eigenvalue weighted by Crippen LogP contribution is 2.36. The van der Waals surface area contributed by atoms with Gasteiger partial charge in [-0.05, 0) is 24.3 Å². The fraction of sp³-hybridized carbons (Fsp3) is 0.125. The number of nitrogens with one attached hydrogen (secondary N) is 2. The minimum Gasteiger partial charge on any atom is -0.497 e. The van der Waals surface area contributed by atoms with Crippen LogP contribution < -0.4 is 26.5 Å². The molecule has 1 atom stereocenters. The number of benzene rings is 1. The Morgan fingerprint density at radius 2 is 1.96 bits per heavy atom. The molecule has 0 spiro atoms. The Balaban J connectivity index is 2.19. The van der Waals surface area contributed by atoms with Gasteiger partial charge in [-0.25, -0.2) is 4.79 Å². The van der Waals surface area contributed by atoms with Gasteiger partial charge in [0, 0.05) is 5.56 Å². The lowest BCUT2D eigenvalue weighted by Gasteiger charge is -2.23. The molecule has 0 saturated heterocycles. The molecular weight excluding hydrogens is 328 g/mol. The van der Waals surface area contributed by atoms with Crippen LogP contribution in [0.1, 0.15) is 21.8 Å². The summed E-state index contributed by atoms with van der Waals surface area (Å²) in [6.45, 7) is 0. The molecule has 2 heterocycles. The van der Waals surface area contributed by atoms with Gasteiger partial charge in [0.15, 0.2) is 5.78 Å². The summed E-state index contributed by atoms with van der Waals surface area (Å²) in [4.78, 5) is 40.8. The maximum absolute atomic E-state index is 12.9. The Labute approximate surface area is 140 Å². The first kappa shape index (κ1) is 16.1. The standard InChI is InChI=1S/C16H12N4O5/c1-24-8-4-2-7(3-5-8)12(21)10-9(6-17)13(18)25-15-11(10)14(22)19-16(23)20-15/h2-5,10H,18H2,1H3,(H2,19,20,22,23). The van der Waals surface area contributed by atoms with Gasteiger partial charge in [-0.15, -0.1) is 0 Å². The van der Waals surface area contributed by atoms with E-state index < -0.39 is 23.0 Å². The minimum atomic E-state index is -1.29. The average molecular weight is 340 g/mol. The quantitative estimate of drug-likeness (QED) is 0.671. The predicted molar refractivity (Wildman–Crippen MR) is 85.2 cm³/mol. The Kier molecular flexibility index (Phi) is 3.86. The number of aromatic amines is 2. The molecule has 4 N–H and O–H groups in total. The Hall–Kier alpha value is -3.80. The molecule has 0 radical (unpaired) electrons. The van der Waals surface area contributed by atoms with E-state index in [1.165, 1.54) is 19.2 Å². The van der Waals surface area contributed by atoms with Crippen molar-refractivity contribution in [1.29, 1.82) is 5.26 Å². The van der Waals surface area contributed by atoms with Crippen LogP contribution in [0.4, 0.5) is 0 Å². The topological polar surface area (TPSA) is 151 Å². The van der Waals surface area contributed by atoms with Crippen LogP contribution in [0.15, 0.2) is 45.3 Å². The predicted octanol–water partition coefficient (Wildman–Crippen LogP) is 0.125. The number of carbonyl (C=O) groups excluding carboxylic acids is 1. The van der Waals surface area contributed by atoms with Crippen LogP contribution in [0.2, 0.25) is 0 Å². The van der Waals surface area contributed by atoms with Crippen molar-refractivity contribution in [2.24, 2.45) is 5.73 Å². The molecule has 25 heavy (non-hydrogen) atoms. The molecule has 1 aliphatic rings. The van der Waals surface area contributed by atoms with Crippen LogP contribution in [0.3, 0.4) is 0 Å². The summed E-state index contributed by atoms with van der Waals surface area (Å²) in [5.74, 6) is -1.88. The van der Waals surface area contributed by atoms with Gasteiger partial charge in [0.25, 0.3) is 5.56 Å². The second-order valence-electron chi connectivity index (χ2n) is 5.17. The van der Waals surface area contributed by atoms with E-state index in [9.17, 15) is 19.6 Å². The maximum Gasteiger partial charge on any atom is 0.328 e. The molecule has 9 heteroatoms. The summed E-state index contributed by atoms with van der Waals surface area (Å²) in [7, 11) is 1.48. The van der Waals surface area contributed by atoms with E-state index in [0.29, 0.717) is 5.75 Å². The molecule has 9 nitrogen and oxygen atoms in total. The van der Waals surface area contributed by atoms with Crippen molar-refractivity contribution in [3.05, 3.63) is 67.7 Å². The number of ether oxygens (including phenoxy) is 2. The first-order chi connectivity index (χ1) is 12.0. The number of methoxy groups -OCH3 is 1. The van der Waals surface area contributed by atoms with Crippen molar-refractivity contribution < 1.29 is 14.3 Å². The lowest BCUT2D eigenvalue weighted by molar-refractivity contribution is 0.0967. The molecule has 1 aromatic heterocycles. The normalized spacial score (nSPS) is 15.8. The van der Waals surface area contributed by atoms with E-state index >= 15 is 0 Å². The highest BCUT2D eigenvalue weighted by Gasteiger charge is 2.38. The maximum atomic E-state index is 12.9. The van der Waals surface area contributed by atoms with Gasteiger partial charge in [-0.3, -0.25) is 19.6 Å². The number of ketones is 1. The summed E-state index contributed by atoms with van der Waals surface area (Å²) >= 11 is 0. The van der Waals surface area contributed by atoms with Crippen LogP contribution in [0, 0.1) is 11.3 Å². The molecule has 0 bridgehead atoms. The van der Waals surface area contributed by atoms with E-state index in [4.69, 9.17) is 15.2 Å². The minimum absolute atomic E-state index is 0.175. The van der Waals surface area contributed by atoms with Gasteiger partial charge in [-0.1, -0.05) is 0 Å². The highest BCUT2D eigenvalue weighted by molar-refractivity contribution is 6.04. The van der Waals surface area contributed by atoms with Crippen molar-refractivity contribution >= 4 is 5.78 Å². The monoisotopic (exact) mass is 340 g/mol. The summed E-state index contributed by atoms with van der Waals surface area (Å²) in [6, 6.07) is 7.95. The fourth-order valence-electron chi connectivity index (χ4n) is 2.57. The van der Waals surface area contributed by atoms with Crippen LogP contribution >= 0.6 is 0 Å². The molecule has 1 unspecified atom stereocenters. The Morgan fingerprint density at radius 1 is 1.28 bits per heavy atom. The smallest absolute Gasteiger partial charge is 0.328 e. The van der Waals surface area contributed by atoms with E-state index in [2.05, 4.69) is 4.98 Å². The first-order valence-corrected chi connectivity index (χ1v) is 7.08. The number of nitriles is 1. The summed E-state index contributed by atoms with van der Waals surface area (Å²) in [6.07, 6.45) is 0. The largest absolute Gasteiger partial charge is 0.497 e. The van der Waals surface area contributed by atoms with Crippen LogP contribution in [0.25, 0.3) is 0 Å². The third-order valence-corrected chi connectivity index (χ3v) is 3.76. The average Bonchev–Trinajstić information content (AvgIpc) is 2.59. The van der Waals surface area contributed by atoms with Crippen LogP contribution in [-0.4, -0.2) is 22.9 Å². The number of aromatic nitrogens is 2. The van der Waals surface area contributed by atoms with Crippen LogP contribution in [-0.2, 0) is 0 Å². The summed E-state index contributed by atoms with van der Waals surface area (Å²) < 4.78 is 10.2. The fourth-order valence-corrected chi connectivity index (χ4v) is 2.57. The van der Waals surface area contributed by atoms with Gasteiger partial charge >= 0.3 is 5.69 Å².